The van der Waals surface area contributed by atoms with Crippen molar-refractivity contribution < 1.29 is 19.4 Å². The number of hydrogen-bond acceptors (Lipinski definition) is 4. The minimum Gasteiger partial charge on any atom is -0.480 e. The van der Waals surface area contributed by atoms with Crippen LogP contribution in [0, 0.1) is 5.92 Å². The molecule has 0 radical (unpaired) electrons. The van der Waals surface area contributed by atoms with Crippen LogP contribution < -0.4 is 5.32 Å². The predicted molar refractivity (Wildman–Crippen MR) is 91.0 cm³/mol. The molecule has 1 aliphatic heterocycles. The van der Waals surface area contributed by atoms with Crippen molar-refractivity contribution in [1.82, 2.24) is 15.1 Å². The summed E-state index contributed by atoms with van der Waals surface area (Å²) in [5.74, 6) is -0.249. The van der Waals surface area contributed by atoms with Crippen LogP contribution in [0.2, 0.25) is 0 Å². The molecule has 1 aliphatic carbocycles. The molecule has 24 heavy (non-hydrogen) atoms. The van der Waals surface area contributed by atoms with Gasteiger partial charge < -0.3 is 20.1 Å². The van der Waals surface area contributed by atoms with E-state index < -0.39 is 5.97 Å². The van der Waals surface area contributed by atoms with Gasteiger partial charge in [0.25, 0.3) is 0 Å². The van der Waals surface area contributed by atoms with Crippen LogP contribution in [-0.2, 0) is 9.53 Å². The molecule has 138 valence electrons. The maximum absolute atomic E-state index is 12.4. The van der Waals surface area contributed by atoms with Crippen LogP contribution in [-0.4, -0.2) is 79.4 Å². The number of aliphatic carboxylic acids is 1. The molecule has 1 unspecified atom stereocenters. The smallest absolute Gasteiger partial charge is 0.317 e. The van der Waals surface area contributed by atoms with Crippen molar-refractivity contribution in [2.45, 2.75) is 44.6 Å². The number of nitrogens with one attached hydrogen (secondary N) is 1. The number of nitrogens with zero attached hydrogens (tertiary/aromatic N) is 2. The van der Waals surface area contributed by atoms with Gasteiger partial charge in [-0.15, -0.1) is 0 Å². The van der Waals surface area contributed by atoms with E-state index in [0.717, 1.165) is 6.54 Å². The fourth-order valence-electron chi connectivity index (χ4n) is 3.57. The minimum atomic E-state index is -0.855. The number of morpholine rings is 1. The highest BCUT2D eigenvalue weighted by molar-refractivity contribution is 5.74. The Labute approximate surface area is 144 Å². The van der Waals surface area contributed by atoms with Crippen LogP contribution in [0.1, 0.15) is 38.5 Å². The van der Waals surface area contributed by atoms with E-state index in [1.54, 1.807) is 16.8 Å². The largest absolute Gasteiger partial charge is 0.480 e. The summed E-state index contributed by atoms with van der Waals surface area (Å²) in [5.41, 5.74) is 0. The van der Waals surface area contributed by atoms with Crippen molar-refractivity contribution in [3.05, 3.63) is 0 Å². The molecule has 0 bridgehead atoms. The van der Waals surface area contributed by atoms with Gasteiger partial charge in [0.2, 0.25) is 0 Å². The number of carbonyl (C=O) groups is 2. The lowest BCUT2D eigenvalue weighted by atomic mass is 10.0. The molecule has 2 fully saturated rings. The van der Waals surface area contributed by atoms with Crippen LogP contribution in [0.3, 0.4) is 0 Å². The Morgan fingerprint density at radius 2 is 1.96 bits per heavy atom. The number of urea groups is 1. The monoisotopic (exact) mass is 341 g/mol. The van der Waals surface area contributed by atoms with Gasteiger partial charge in [-0.25, -0.2) is 4.79 Å². The molecule has 1 saturated carbocycles. The van der Waals surface area contributed by atoms with E-state index in [1.165, 1.54) is 38.5 Å². The van der Waals surface area contributed by atoms with E-state index in [1.807, 2.05) is 0 Å². The standard InChI is InChI=1S/C17H31N3O4/c1-19(13-16(21)22)11-15-12-20(8-9-24-15)17(23)18-10-14-6-4-2-3-5-7-14/h14-15H,2-13H2,1H3,(H,18,23)(H,21,22). The van der Waals surface area contributed by atoms with Crippen molar-refractivity contribution in [3.63, 3.8) is 0 Å². The summed E-state index contributed by atoms with van der Waals surface area (Å²) < 4.78 is 5.67. The average Bonchev–Trinajstić information content (AvgIpc) is 2.80. The molecule has 7 heteroatoms. The Hall–Kier alpha value is -1.34. The molecule has 2 amide bonds. The minimum absolute atomic E-state index is 0.0200. The van der Waals surface area contributed by atoms with Crippen molar-refractivity contribution in [2.75, 3.05) is 46.4 Å². The number of carboxylic acid groups (broad SMARTS) is 1. The first-order chi connectivity index (χ1) is 11.5. The summed E-state index contributed by atoms with van der Waals surface area (Å²) in [6.07, 6.45) is 7.48. The molecule has 0 spiro atoms. The van der Waals surface area contributed by atoms with Crippen molar-refractivity contribution in [1.29, 1.82) is 0 Å². The lowest BCUT2D eigenvalue weighted by molar-refractivity contribution is -0.138. The Morgan fingerprint density at radius 3 is 2.62 bits per heavy atom. The van der Waals surface area contributed by atoms with Gasteiger partial charge >= 0.3 is 12.0 Å². The van der Waals surface area contributed by atoms with Crippen molar-refractivity contribution in [3.8, 4) is 0 Å². The Morgan fingerprint density at radius 1 is 1.25 bits per heavy atom. The number of carboxylic acids is 1. The maximum Gasteiger partial charge on any atom is 0.317 e. The van der Waals surface area contributed by atoms with E-state index in [4.69, 9.17) is 9.84 Å². The van der Waals surface area contributed by atoms with Crippen LogP contribution in [0.15, 0.2) is 0 Å². The van der Waals surface area contributed by atoms with Crippen LogP contribution >= 0.6 is 0 Å². The highest BCUT2D eigenvalue weighted by Gasteiger charge is 2.26. The fourth-order valence-corrected chi connectivity index (χ4v) is 3.57. The molecule has 0 aromatic heterocycles. The third kappa shape index (κ3) is 6.65. The van der Waals surface area contributed by atoms with E-state index in [0.29, 0.717) is 32.2 Å². The van der Waals surface area contributed by atoms with Crippen molar-refractivity contribution >= 4 is 12.0 Å². The summed E-state index contributed by atoms with van der Waals surface area (Å²) >= 11 is 0. The summed E-state index contributed by atoms with van der Waals surface area (Å²) in [4.78, 5) is 26.6. The van der Waals surface area contributed by atoms with Crippen LogP contribution in [0.25, 0.3) is 0 Å². The fraction of sp³-hybridized carbons (Fsp3) is 0.882. The van der Waals surface area contributed by atoms with Gasteiger partial charge in [-0.3, -0.25) is 9.69 Å². The number of likely N-dealkylation sites (N-methyl/N-ethyl adjacent to an activating group) is 1. The zero-order valence-corrected chi connectivity index (χ0v) is 14.7. The van der Waals surface area contributed by atoms with E-state index in [9.17, 15) is 9.59 Å². The first-order valence-corrected chi connectivity index (χ1v) is 9.09. The topological polar surface area (TPSA) is 82.1 Å². The number of carbonyl (C=O) groups excluding carboxylic acids is 1. The normalized spacial score (nSPS) is 23.1. The number of amides is 2. The van der Waals surface area contributed by atoms with Gasteiger partial charge in [0, 0.05) is 26.2 Å². The van der Waals surface area contributed by atoms with E-state index in [2.05, 4.69) is 5.32 Å². The second-order valence-corrected chi connectivity index (χ2v) is 7.07. The van der Waals surface area contributed by atoms with Gasteiger partial charge in [0.1, 0.15) is 0 Å². The Balaban J connectivity index is 1.72. The molecule has 2 aliphatic rings. The highest BCUT2D eigenvalue weighted by atomic mass is 16.5. The van der Waals surface area contributed by atoms with E-state index >= 15 is 0 Å². The van der Waals surface area contributed by atoms with Crippen LogP contribution in [0.5, 0.6) is 0 Å². The van der Waals surface area contributed by atoms with Gasteiger partial charge in [-0.05, 0) is 25.8 Å². The SMILES string of the molecule is CN(CC(=O)O)CC1CN(C(=O)NCC2CCCCCC2)CCO1. The summed E-state index contributed by atoms with van der Waals surface area (Å²) in [5, 5.41) is 11.9. The van der Waals surface area contributed by atoms with E-state index in [-0.39, 0.29) is 18.7 Å². The molecule has 1 heterocycles. The molecule has 1 atom stereocenters. The van der Waals surface area contributed by atoms with Crippen molar-refractivity contribution in [2.24, 2.45) is 5.92 Å². The number of hydrogen-bond donors (Lipinski definition) is 2. The van der Waals surface area contributed by atoms with Crippen LogP contribution in [0.4, 0.5) is 4.79 Å². The molecular weight excluding hydrogens is 310 g/mol. The zero-order valence-electron chi connectivity index (χ0n) is 14.7. The third-order valence-corrected chi connectivity index (χ3v) is 4.86. The molecule has 1 saturated heterocycles. The zero-order chi connectivity index (χ0) is 17.4. The lowest BCUT2D eigenvalue weighted by Gasteiger charge is -2.34. The lowest BCUT2D eigenvalue weighted by Crippen LogP contribution is -2.52. The quantitative estimate of drug-likeness (QED) is 0.713. The van der Waals surface area contributed by atoms with Gasteiger partial charge in [-0.2, -0.15) is 0 Å². The molecular formula is C17H31N3O4. The molecule has 2 rings (SSSR count). The first kappa shape index (κ1) is 19.0. The van der Waals surface area contributed by atoms with Gasteiger partial charge in [-0.1, -0.05) is 25.7 Å². The Bertz CT molecular complexity index is 411. The maximum atomic E-state index is 12.4. The highest BCUT2D eigenvalue weighted by Crippen LogP contribution is 2.22. The molecule has 0 aromatic rings. The predicted octanol–water partition coefficient (Wildman–Crippen LogP) is 1.38. The third-order valence-electron chi connectivity index (χ3n) is 4.86. The number of ether oxygens (including phenoxy) is 1. The average molecular weight is 341 g/mol. The molecule has 0 aromatic carbocycles. The summed E-state index contributed by atoms with van der Waals surface area (Å²) in [7, 11) is 1.75. The van der Waals surface area contributed by atoms with Gasteiger partial charge in [0.05, 0.1) is 19.3 Å². The Kier molecular flexibility index (Phi) is 7.78. The summed E-state index contributed by atoms with van der Waals surface area (Å²) in [6.45, 7) is 2.87. The second-order valence-electron chi connectivity index (χ2n) is 7.07. The molecule has 2 N–H and O–H groups in total. The van der Waals surface area contributed by atoms with Gasteiger partial charge in [0.15, 0.2) is 0 Å². The number of rotatable bonds is 6. The summed E-state index contributed by atoms with van der Waals surface area (Å²) in [6, 6.07) is -0.0200. The first-order valence-electron chi connectivity index (χ1n) is 9.09. The second kappa shape index (κ2) is 9.84. The molecule has 7 nitrogen and oxygen atoms in total.